The van der Waals surface area contributed by atoms with E-state index in [-0.39, 0.29) is 46.1 Å². The van der Waals surface area contributed by atoms with Crippen LogP contribution >= 0.6 is 22.9 Å². The predicted molar refractivity (Wildman–Crippen MR) is 143 cm³/mol. The molecular weight excluding hydrogens is 571 g/mol. The lowest BCUT2D eigenvalue weighted by Gasteiger charge is -2.44. The molecule has 13 heteroatoms. The van der Waals surface area contributed by atoms with Crippen molar-refractivity contribution in [2.45, 2.75) is 57.4 Å². The van der Waals surface area contributed by atoms with E-state index in [1.807, 2.05) is 0 Å². The van der Waals surface area contributed by atoms with Gasteiger partial charge in [-0.05, 0) is 51.1 Å². The van der Waals surface area contributed by atoms with Gasteiger partial charge in [0.05, 0.1) is 17.5 Å². The molecule has 1 saturated heterocycles. The number of piperidine rings is 1. The number of benzene rings is 1. The fourth-order valence-electron chi connectivity index (χ4n) is 4.85. The Bertz CT molecular complexity index is 1520. The smallest absolute Gasteiger partial charge is 0.433 e. The van der Waals surface area contributed by atoms with E-state index < -0.39 is 35.1 Å². The maximum atomic E-state index is 13.8. The molecule has 1 aromatic carbocycles. The first-order chi connectivity index (χ1) is 18.6. The molecule has 2 aliphatic rings. The minimum absolute atomic E-state index is 0.0312. The van der Waals surface area contributed by atoms with Crippen molar-refractivity contribution in [3.8, 4) is 5.75 Å². The number of ether oxygens (including phenoxy) is 2. The van der Waals surface area contributed by atoms with Gasteiger partial charge >= 0.3 is 12.3 Å². The summed E-state index contributed by atoms with van der Waals surface area (Å²) in [6.07, 6.45) is -4.67. The minimum atomic E-state index is -4.68. The number of Topliss-reactive ketones (excluding diaryl/α,β-unsaturated/α-hetero) is 1. The van der Waals surface area contributed by atoms with Crippen molar-refractivity contribution in [3.05, 3.63) is 52.2 Å². The average Bonchev–Trinajstić information content (AvgIpc) is 3.19. The normalized spacial score (nSPS) is 17.0. The third-order valence-electron chi connectivity index (χ3n) is 6.69. The van der Waals surface area contributed by atoms with Gasteiger partial charge in [-0.3, -0.25) is 14.9 Å². The molecule has 1 fully saturated rings. The van der Waals surface area contributed by atoms with Crippen molar-refractivity contribution in [1.29, 1.82) is 0 Å². The number of aromatic nitrogens is 1. The quantitative estimate of drug-likeness (QED) is 0.344. The number of halogens is 4. The van der Waals surface area contributed by atoms with Gasteiger partial charge in [-0.1, -0.05) is 22.9 Å². The number of anilines is 1. The van der Waals surface area contributed by atoms with Crippen LogP contribution in [0.4, 0.5) is 23.0 Å². The molecule has 212 valence electrons. The monoisotopic (exact) mass is 595 g/mol. The third kappa shape index (κ3) is 5.60. The number of nitrogens with zero attached hydrogens (tertiary/aromatic N) is 2. The van der Waals surface area contributed by atoms with Crippen LogP contribution in [0.1, 0.15) is 66.4 Å². The maximum absolute atomic E-state index is 13.8. The number of carbonyl (C=O) groups excluding carboxylic acids is 3. The van der Waals surface area contributed by atoms with Crippen LogP contribution in [0.5, 0.6) is 5.75 Å². The summed E-state index contributed by atoms with van der Waals surface area (Å²) in [6.45, 7) is 5.44. The SMILES string of the molecule is CC(C)(C)OC(=O)Nc1sc2nc(C(F)(F)F)ccc2c1C(=O)N1CCC2(CC1)CC(=O)c1cc(Cl)ccc1O2. The van der Waals surface area contributed by atoms with Crippen molar-refractivity contribution in [1.82, 2.24) is 9.88 Å². The van der Waals surface area contributed by atoms with Crippen LogP contribution in [0.2, 0.25) is 5.02 Å². The number of fused-ring (bicyclic) bond motifs is 2. The molecule has 2 aliphatic heterocycles. The van der Waals surface area contributed by atoms with Crippen molar-refractivity contribution >= 4 is 55.9 Å². The van der Waals surface area contributed by atoms with Gasteiger partial charge in [-0.2, -0.15) is 13.2 Å². The Balaban J connectivity index is 1.42. The molecule has 40 heavy (non-hydrogen) atoms. The Morgan fingerprint density at radius 1 is 1.15 bits per heavy atom. The Labute approximate surface area is 236 Å². The van der Waals surface area contributed by atoms with E-state index in [4.69, 9.17) is 21.1 Å². The molecule has 8 nitrogen and oxygen atoms in total. The number of nitrogens with one attached hydrogen (secondary N) is 1. The standard InChI is InChI=1S/C27H25ClF3N3O5S/c1-25(2,3)39-24(37)33-22-20(15-5-7-19(27(29,30)31)32-21(15)40-22)23(36)34-10-8-26(9-11-34)13-17(35)16-12-14(28)4-6-18(16)38-26/h4-7,12H,8-11,13H2,1-3H3,(H,33,37). The number of carbonyl (C=O) groups is 3. The van der Waals surface area contributed by atoms with Gasteiger partial charge in [-0.25, -0.2) is 9.78 Å². The van der Waals surface area contributed by atoms with E-state index in [0.717, 1.165) is 17.4 Å². The lowest BCUT2D eigenvalue weighted by Crippen LogP contribution is -2.52. The summed E-state index contributed by atoms with van der Waals surface area (Å²) in [5.74, 6) is -0.134. The largest absolute Gasteiger partial charge is 0.486 e. The van der Waals surface area contributed by atoms with E-state index in [2.05, 4.69) is 10.3 Å². The van der Waals surface area contributed by atoms with Gasteiger partial charge in [0.2, 0.25) is 0 Å². The summed E-state index contributed by atoms with van der Waals surface area (Å²) < 4.78 is 51.5. The van der Waals surface area contributed by atoms with Crippen LogP contribution < -0.4 is 10.1 Å². The molecule has 2 amide bonds. The lowest BCUT2D eigenvalue weighted by molar-refractivity contribution is -0.140. The Hall–Kier alpha value is -3.38. The molecule has 0 bridgehead atoms. The third-order valence-corrected chi connectivity index (χ3v) is 7.94. The summed E-state index contributed by atoms with van der Waals surface area (Å²) in [7, 11) is 0. The number of pyridine rings is 1. The van der Waals surface area contributed by atoms with Crippen molar-refractivity contribution in [2.24, 2.45) is 0 Å². The molecule has 3 aromatic rings. The summed E-state index contributed by atoms with van der Waals surface area (Å²) in [4.78, 5) is 44.4. The van der Waals surface area contributed by atoms with Crippen LogP contribution in [-0.2, 0) is 10.9 Å². The lowest BCUT2D eigenvalue weighted by atomic mass is 9.82. The Morgan fingerprint density at radius 3 is 2.50 bits per heavy atom. The predicted octanol–water partition coefficient (Wildman–Crippen LogP) is 6.96. The zero-order chi connectivity index (χ0) is 29.0. The van der Waals surface area contributed by atoms with Crippen LogP contribution in [0.15, 0.2) is 30.3 Å². The number of ketones is 1. The van der Waals surface area contributed by atoms with Crippen LogP contribution in [-0.4, -0.2) is 52.0 Å². The second kappa shape index (κ2) is 9.91. The number of amides is 2. The highest BCUT2D eigenvalue weighted by molar-refractivity contribution is 7.23. The molecule has 5 rings (SSSR count). The van der Waals surface area contributed by atoms with Crippen molar-refractivity contribution < 1.29 is 37.0 Å². The number of alkyl halides is 3. The molecule has 0 saturated carbocycles. The van der Waals surface area contributed by atoms with Crippen LogP contribution in [0.25, 0.3) is 10.2 Å². The first kappa shape index (κ1) is 28.2. The summed E-state index contributed by atoms with van der Waals surface area (Å²) >= 11 is 6.79. The van der Waals surface area contributed by atoms with Gasteiger partial charge in [0, 0.05) is 36.3 Å². The highest BCUT2D eigenvalue weighted by atomic mass is 35.5. The van der Waals surface area contributed by atoms with Gasteiger partial charge < -0.3 is 14.4 Å². The number of thiophene rings is 1. The summed E-state index contributed by atoms with van der Waals surface area (Å²) in [5, 5.41) is 3.18. The molecule has 2 aromatic heterocycles. The average molecular weight is 596 g/mol. The number of hydrogen-bond donors (Lipinski definition) is 1. The maximum Gasteiger partial charge on any atom is 0.433 e. The van der Waals surface area contributed by atoms with Gasteiger partial charge in [-0.15, -0.1) is 0 Å². The molecule has 0 radical (unpaired) electrons. The fourth-order valence-corrected chi connectivity index (χ4v) is 6.08. The summed E-state index contributed by atoms with van der Waals surface area (Å²) in [6, 6.07) is 6.86. The fraction of sp³-hybridized carbons (Fsp3) is 0.407. The van der Waals surface area contributed by atoms with E-state index in [0.29, 0.717) is 29.2 Å². The molecule has 0 atom stereocenters. The highest BCUT2D eigenvalue weighted by Gasteiger charge is 2.44. The number of likely N-dealkylation sites (tertiary alicyclic amines) is 1. The van der Waals surface area contributed by atoms with E-state index in [9.17, 15) is 27.6 Å². The molecule has 1 N–H and O–H groups in total. The Kier molecular flexibility index (Phi) is 6.98. The second-order valence-corrected chi connectivity index (χ2v) is 12.2. The first-order valence-electron chi connectivity index (χ1n) is 12.5. The van der Waals surface area contributed by atoms with Crippen molar-refractivity contribution in [3.63, 3.8) is 0 Å². The molecule has 4 heterocycles. The number of hydrogen-bond acceptors (Lipinski definition) is 7. The zero-order valence-corrected chi connectivity index (χ0v) is 23.4. The molecule has 0 unspecified atom stereocenters. The molecule has 0 aliphatic carbocycles. The van der Waals surface area contributed by atoms with Gasteiger partial charge in [0.1, 0.15) is 32.5 Å². The van der Waals surface area contributed by atoms with Crippen LogP contribution in [0, 0.1) is 0 Å². The van der Waals surface area contributed by atoms with E-state index >= 15 is 0 Å². The second-order valence-electron chi connectivity index (χ2n) is 10.8. The van der Waals surface area contributed by atoms with Gasteiger partial charge in [0.25, 0.3) is 5.91 Å². The van der Waals surface area contributed by atoms with Gasteiger partial charge in [0.15, 0.2) is 5.78 Å². The van der Waals surface area contributed by atoms with Crippen LogP contribution in [0.3, 0.4) is 0 Å². The van der Waals surface area contributed by atoms with Crippen molar-refractivity contribution in [2.75, 3.05) is 18.4 Å². The summed E-state index contributed by atoms with van der Waals surface area (Å²) in [5.41, 5.74) is -2.28. The van der Waals surface area contributed by atoms with E-state index in [1.165, 1.54) is 11.0 Å². The Morgan fingerprint density at radius 2 is 1.85 bits per heavy atom. The van der Waals surface area contributed by atoms with E-state index in [1.54, 1.807) is 39.0 Å². The zero-order valence-electron chi connectivity index (χ0n) is 21.8. The highest BCUT2D eigenvalue weighted by Crippen LogP contribution is 2.42. The first-order valence-corrected chi connectivity index (χ1v) is 13.7. The minimum Gasteiger partial charge on any atom is -0.486 e. The molecular formula is C27H25ClF3N3O5S. The molecule has 1 spiro atoms. The number of rotatable bonds is 2. The topological polar surface area (TPSA) is 97.8 Å².